The number of para-hydroxylation sites is 1. The van der Waals surface area contributed by atoms with E-state index in [1.165, 1.54) is 16.5 Å². The van der Waals surface area contributed by atoms with Gasteiger partial charge in [-0.25, -0.2) is 24.5 Å². The smallest absolute Gasteiger partial charge is 0.223 e. The van der Waals surface area contributed by atoms with Gasteiger partial charge in [0.15, 0.2) is 0 Å². The van der Waals surface area contributed by atoms with Crippen LogP contribution in [0.15, 0.2) is 29.4 Å². The Morgan fingerprint density at radius 1 is 1.17 bits per heavy atom. The molecule has 2 heterocycles. The number of nitrogen functional groups attached to an aromatic ring is 1. The number of hydrogen-bond acceptors (Lipinski definition) is 7. The molecule has 1 aliphatic carbocycles. The lowest BCUT2D eigenvalue weighted by Gasteiger charge is -2.30. The monoisotopic (exact) mass is 435 g/mol. The van der Waals surface area contributed by atoms with E-state index in [0.29, 0.717) is 0 Å². The van der Waals surface area contributed by atoms with Crippen LogP contribution in [0.1, 0.15) is 50.6 Å². The molecule has 0 aliphatic heterocycles. The molecule has 0 unspecified atom stereocenters. The molecular formula is C20H26ClN5O4. The Bertz CT molecular complexity index is 1110. The van der Waals surface area contributed by atoms with Crippen LogP contribution in [-0.2, 0) is 12.8 Å². The molecule has 1 aliphatic rings. The SMILES string of the molecule is CCCc1c2c([nH]c3ccccc32)c2c([n+]1N)CC(C)(C)CC2=NN.[O-][Cl+3]([O-])([O-])[O-]. The van der Waals surface area contributed by atoms with Gasteiger partial charge in [-0.3, -0.25) is 0 Å². The fourth-order valence-electron chi connectivity index (χ4n) is 4.31. The van der Waals surface area contributed by atoms with E-state index in [4.69, 9.17) is 30.3 Å². The zero-order chi connectivity index (χ0) is 22.3. The van der Waals surface area contributed by atoms with Gasteiger partial charge in [-0.2, -0.15) is 5.10 Å². The molecule has 9 nitrogen and oxygen atoms in total. The number of hydrogen-bond donors (Lipinski definition) is 3. The zero-order valence-electron chi connectivity index (χ0n) is 17.2. The third-order valence-electron chi connectivity index (χ3n) is 5.34. The van der Waals surface area contributed by atoms with Crippen LogP contribution in [0.2, 0.25) is 0 Å². The lowest BCUT2D eigenvalue weighted by Crippen LogP contribution is -2.68. The summed E-state index contributed by atoms with van der Waals surface area (Å²) in [7, 11) is -4.94. The average molecular weight is 436 g/mol. The largest absolute Gasteiger partial charge is 0.354 e. The molecule has 162 valence electrons. The van der Waals surface area contributed by atoms with E-state index < -0.39 is 10.2 Å². The number of pyridine rings is 1. The van der Waals surface area contributed by atoms with Crippen LogP contribution in [0.4, 0.5) is 0 Å². The molecule has 0 saturated carbocycles. The summed E-state index contributed by atoms with van der Waals surface area (Å²) in [5.74, 6) is 12.4. The van der Waals surface area contributed by atoms with Crippen LogP contribution >= 0.6 is 0 Å². The van der Waals surface area contributed by atoms with Crippen LogP contribution in [0.5, 0.6) is 0 Å². The van der Waals surface area contributed by atoms with E-state index in [1.807, 2.05) is 4.68 Å². The lowest BCUT2D eigenvalue weighted by atomic mass is 9.74. The normalized spacial score (nSPS) is 17.1. The third kappa shape index (κ3) is 4.35. The maximum atomic E-state index is 8.49. The lowest BCUT2D eigenvalue weighted by molar-refractivity contribution is -2.00. The van der Waals surface area contributed by atoms with E-state index in [0.717, 1.165) is 53.7 Å². The Morgan fingerprint density at radius 2 is 1.80 bits per heavy atom. The van der Waals surface area contributed by atoms with Gasteiger partial charge < -0.3 is 10.8 Å². The number of fused-ring (bicyclic) bond motifs is 5. The first-order chi connectivity index (χ1) is 14.0. The number of benzene rings is 1. The molecule has 2 aromatic heterocycles. The summed E-state index contributed by atoms with van der Waals surface area (Å²) < 4.78 is 35.9. The van der Waals surface area contributed by atoms with Gasteiger partial charge in [-0.15, -0.1) is 10.2 Å². The first-order valence-electron chi connectivity index (χ1n) is 9.61. The van der Waals surface area contributed by atoms with Crippen LogP contribution in [-0.4, -0.2) is 10.7 Å². The number of nitrogens with two attached hydrogens (primary N) is 2. The standard InChI is InChI=1S/C20H25N5.ClHO4/c1-4-7-15-17-12-8-5-6-9-13(12)23-19(17)18-14(24-21)10-20(2,3)11-16(18)25(15)22;2-1(3,4)5/h5-6,8-9H,4,7,10-11,21-22H2,1-3H3;(H,2,3,4,5). The number of aryl methyl sites for hydroxylation is 1. The van der Waals surface area contributed by atoms with Gasteiger partial charge in [0, 0.05) is 23.7 Å². The Kier molecular flexibility index (Phi) is 5.94. The number of halogens is 1. The van der Waals surface area contributed by atoms with Crippen molar-refractivity contribution in [1.29, 1.82) is 0 Å². The van der Waals surface area contributed by atoms with E-state index in [9.17, 15) is 0 Å². The second-order valence-electron chi connectivity index (χ2n) is 8.28. The molecule has 0 saturated heterocycles. The van der Waals surface area contributed by atoms with E-state index in [-0.39, 0.29) is 5.41 Å². The zero-order valence-corrected chi connectivity index (χ0v) is 18.0. The fraction of sp³-hybridized carbons (Fsp3) is 0.400. The molecule has 30 heavy (non-hydrogen) atoms. The molecule has 1 aromatic carbocycles. The highest BCUT2D eigenvalue weighted by atomic mass is 35.7. The Morgan fingerprint density at radius 3 is 2.40 bits per heavy atom. The quantitative estimate of drug-likeness (QED) is 0.242. The van der Waals surface area contributed by atoms with Gasteiger partial charge in [-0.1, -0.05) is 43.6 Å². The summed E-state index contributed by atoms with van der Waals surface area (Å²) >= 11 is 0. The van der Waals surface area contributed by atoms with Gasteiger partial charge in [0.1, 0.15) is 0 Å². The van der Waals surface area contributed by atoms with Crippen molar-refractivity contribution in [2.75, 3.05) is 5.84 Å². The minimum atomic E-state index is -4.94. The molecule has 4 rings (SSSR count). The first kappa shape index (κ1) is 22.3. The second-order valence-corrected chi connectivity index (χ2v) is 9.04. The number of rotatable bonds is 2. The highest BCUT2D eigenvalue weighted by molar-refractivity contribution is 6.18. The number of nitrogens with one attached hydrogen (secondary N) is 1. The summed E-state index contributed by atoms with van der Waals surface area (Å²) in [5.41, 5.74) is 6.69. The molecule has 0 atom stereocenters. The van der Waals surface area contributed by atoms with E-state index in [1.54, 1.807) is 0 Å². The molecule has 0 bridgehead atoms. The Hall–Kier alpha value is -2.43. The maximum Gasteiger partial charge on any atom is 0.223 e. The van der Waals surface area contributed by atoms with Crippen LogP contribution < -0.4 is 35.0 Å². The fourth-order valence-corrected chi connectivity index (χ4v) is 4.31. The van der Waals surface area contributed by atoms with Gasteiger partial charge >= 0.3 is 0 Å². The van der Waals surface area contributed by atoms with Gasteiger partial charge in [0.05, 0.1) is 22.2 Å². The number of nitrogens with zero attached hydrogens (tertiary/aromatic N) is 2. The number of aromatic nitrogens is 2. The Balaban J connectivity index is 0.000000461. The summed E-state index contributed by atoms with van der Waals surface area (Å²) in [5, 5.41) is 6.57. The maximum absolute atomic E-state index is 8.49. The number of aromatic amines is 1. The van der Waals surface area contributed by atoms with Gasteiger partial charge in [0.25, 0.3) is 0 Å². The van der Waals surface area contributed by atoms with Crippen LogP contribution in [0, 0.1) is 15.7 Å². The molecule has 0 spiro atoms. The third-order valence-corrected chi connectivity index (χ3v) is 5.34. The van der Waals surface area contributed by atoms with Crippen molar-refractivity contribution in [1.82, 2.24) is 4.98 Å². The molecule has 0 radical (unpaired) electrons. The molecular weight excluding hydrogens is 410 g/mol. The highest BCUT2D eigenvalue weighted by Crippen LogP contribution is 2.39. The van der Waals surface area contributed by atoms with Crippen molar-refractivity contribution >= 4 is 27.5 Å². The van der Waals surface area contributed by atoms with Crippen LogP contribution in [0.3, 0.4) is 0 Å². The van der Waals surface area contributed by atoms with E-state index >= 15 is 0 Å². The first-order valence-corrected chi connectivity index (χ1v) is 10.8. The number of H-pyrrole nitrogens is 1. The van der Waals surface area contributed by atoms with Crippen molar-refractivity contribution < 1.29 is 33.6 Å². The van der Waals surface area contributed by atoms with Crippen molar-refractivity contribution in [3.63, 3.8) is 0 Å². The summed E-state index contributed by atoms with van der Waals surface area (Å²) in [6, 6.07) is 8.41. The van der Waals surface area contributed by atoms with Crippen molar-refractivity contribution in [3.8, 4) is 0 Å². The molecule has 3 aromatic rings. The van der Waals surface area contributed by atoms with Gasteiger partial charge in [-0.05, 0) is 24.3 Å². The summed E-state index contributed by atoms with van der Waals surface area (Å²) in [6.45, 7) is 6.68. The number of hydrazone groups is 1. The second kappa shape index (κ2) is 8.01. The Labute approximate surface area is 176 Å². The average Bonchev–Trinajstić information content (AvgIpc) is 3.01. The van der Waals surface area contributed by atoms with Crippen molar-refractivity contribution in [2.45, 2.75) is 46.5 Å². The van der Waals surface area contributed by atoms with Crippen LogP contribution in [0.25, 0.3) is 21.8 Å². The molecule has 10 heteroatoms. The predicted molar refractivity (Wildman–Crippen MR) is 103 cm³/mol. The van der Waals surface area contributed by atoms with E-state index in [2.05, 4.69) is 55.1 Å². The van der Waals surface area contributed by atoms with Gasteiger partial charge in [0.2, 0.25) is 11.4 Å². The molecule has 0 amide bonds. The summed E-state index contributed by atoms with van der Waals surface area (Å²) in [6.07, 6.45) is 3.76. The summed E-state index contributed by atoms with van der Waals surface area (Å²) in [4.78, 5) is 3.62. The minimum absolute atomic E-state index is 0.0928. The highest BCUT2D eigenvalue weighted by Gasteiger charge is 2.39. The van der Waals surface area contributed by atoms with Crippen molar-refractivity contribution in [3.05, 3.63) is 41.2 Å². The van der Waals surface area contributed by atoms with Crippen molar-refractivity contribution in [2.24, 2.45) is 16.4 Å². The minimum Gasteiger partial charge on any atom is -0.354 e. The predicted octanol–water partition coefficient (Wildman–Crippen LogP) is -1.85. The molecule has 5 N–H and O–H groups in total. The topological polar surface area (TPSA) is 176 Å². The molecule has 0 fully saturated rings.